The van der Waals surface area contributed by atoms with Gasteiger partial charge in [0.05, 0.1) is 12.3 Å². The average molecular weight is 1100 g/mol. The van der Waals surface area contributed by atoms with Crippen LogP contribution in [0, 0.1) is 0 Å². The minimum Gasteiger partial charge on any atom is -1.00 e. The van der Waals surface area contributed by atoms with Crippen molar-refractivity contribution >= 4 is 122 Å². The first kappa shape index (κ1) is 48.4. The van der Waals surface area contributed by atoms with E-state index in [0.29, 0.717) is 53.6 Å². The number of hydrogen-bond acceptors (Lipinski definition) is 1. The van der Waals surface area contributed by atoms with Crippen LogP contribution < -0.4 is 65.8 Å². The van der Waals surface area contributed by atoms with E-state index in [1.54, 1.807) is 0 Å². The van der Waals surface area contributed by atoms with Gasteiger partial charge in [0.25, 0.3) is 0 Å². The van der Waals surface area contributed by atoms with Gasteiger partial charge in [-0.2, -0.15) is 0 Å². The van der Waals surface area contributed by atoms with Crippen LogP contribution in [0.4, 0.5) is 0 Å². The van der Waals surface area contributed by atoms with Crippen molar-refractivity contribution in [3.05, 3.63) is 247 Å². The molecule has 1 nitrogen and oxygen atoms in total. The van der Waals surface area contributed by atoms with Crippen LogP contribution in [-0.4, -0.2) is 5.78 Å². The monoisotopic (exact) mass is 1090 g/mol. The van der Waals surface area contributed by atoms with E-state index < -0.39 is 14.5 Å². The van der Waals surface area contributed by atoms with Crippen molar-refractivity contribution in [2.75, 3.05) is 0 Å². The van der Waals surface area contributed by atoms with Crippen LogP contribution in [-0.2, 0) is 12.3 Å². The van der Waals surface area contributed by atoms with Crippen molar-refractivity contribution in [1.82, 2.24) is 0 Å². The summed E-state index contributed by atoms with van der Waals surface area (Å²) in [4.78, 5) is 14.1. The van der Waals surface area contributed by atoms with Crippen molar-refractivity contribution in [3.63, 3.8) is 0 Å². The molecule has 0 aromatic heterocycles. The fourth-order valence-corrected chi connectivity index (χ4v) is 17.0. The molecule has 0 amide bonds. The van der Waals surface area contributed by atoms with Gasteiger partial charge >= 0.3 is 0 Å². The van der Waals surface area contributed by atoms with Crippen LogP contribution in [0.5, 0.6) is 0 Å². The summed E-state index contributed by atoms with van der Waals surface area (Å²) in [6, 6.07) is 64.8. The summed E-state index contributed by atoms with van der Waals surface area (Å²) in [7, 11) is -4.61. The van der Waals surface area contributed by atoms with Crippen LogP contribution in [0.1, 0.15) is 27.0 Å². The highest BCUT2D eigenvalue weighted by molar-refractivity contribution is 7.95. The number of carbonyl (C=O) groups is 1. The van der Waals surface area contributed by atoms with E-state index in [1.165, 1.54) is 31.8 Å². The molecule has 0 bridgehead atoms. The van der Waals surface area contributed by atoms with Gasteiger partial charge in [-0.1, -0.05) is 118 Å². The zero-order chi connectivity index (χ0) is 41.9. The van der Waals surface area contributed by atoms with E-state index >= 15 is 0 Å². The zero-order valence-corrected chi connectivity index (χ0v) is 42.2. The van der Waals surface area contributed by atoms with E-state index in [2.05, 4.69) is 97.1 Å². The van der Waals surface area contributed by atoms with E-state index in [1.807, 2.05) is 97.1 Å². The Balaban J connectivity index is 0.00000321. The lowest BCUT2D eigenvalue weighted by molar-refractivity contribution is -0.00100. The summed E-state index contributed by atoms with van der Waals surface area (Å²) in [6.07, 6.45) is 1.42. The van der Waals surface area contributed by atoms with Crippen molar-refractivity contribution in [2.45, 2.75) is 12.3 Å². The first-order valence-corrected chi connectivity index (χ1v) is 25.3. The standard InChI is InChI=1S/C51H36Cl6OP2.2BrH/c52-39-9-21-45(22-10-39)59(46-23-11-40(53)12-24-46,47-25-13-41(54)14-26-47)33-35-1-5-37(6-2-35)51(58)38-7-3-36(4-8-38)34-60(48-27-15-42(55)16-28-48,49-29-17-43(56)18-30-49)50-31-19-44(57)20-32-50;;/h1-32H,33-34H2;2*1H/q+2;;/p-2. The molecular formula is C51H36Br2Cl6OP2. The first-order valence-electron chi connectivity index (χ1n) is 19.1. The van der Waals surface area contributed by atoms with Crippen LogP contribution in [0.25, 0.3) is 0 Å². The molecule has 0 fully saturated rings. The Hall–Kier alpha value is -3.01. The van der Waals surface area contributed by atoms with Gasteiger partial charge in [-0.3, -0.25) is 4.79 Å². The number of ketones is 1. The molecule has 0 atom stereocenters. The number of hydrogen-bond donors (Lipinski definition) is 0. The minimum absolute atomic E-state index is 0. The molecule has 0 unspecified atom stereocenters. The molecule has 0 aliphatic carbocycles. The van der Waals surface area contributed by atoms with E-state index in [9.17, 15) is 4.79 Å². The van der Waals surface area contributed by atoms with Gasteiger partial charge < -0.3 is 34.0 Å². The Labute approximate surface area is 415 Å². The van der Waals surface area contributed by atoms with Crippen LogP contribution >= 0.6 is 84.1 Å². The van der Waals surface area contributed by atoms with Crippen LogP contribution in [0.2, 0.25) is 30.1 Å². The maximum absolute atomic E-state index is 14.1. The van der Waals surface area contributed by atoms with Gasteiger partial charge in [-0.25, -0.2) is 0 Å². The average Bonchev–Trinajstić information content (AvgIpc) is 3.27. The molecule has 11 heteroatoms. The zero-order valence-electron chi connectivity index (χ0n) is 32.7. The minimum atomic E-state index is -2.31. The molecule has 8 aromatic carbocycles. The molecule has 8 rings (SSSR count). The smallest absolute Gasteiger partial charge is 0.193 e. The fraction of sp³-hybridized carbons (Fsp3) is 0.0392. The van der Waals surface area contributed by atoms with E-state index in [-0.39, 0.29) is 39.7 Å². The van der Waals surface area contributed by atoms with Crippen LogP contribution in [0.15, 0.2) is 194 Å². The molecule has 62 heavy (non-hydrogen) atoms. The van der Waals surface area contributed by atoms with Gasteiger partial charge in [0.2, 0.25) is 0 Å². The molecular weight excluding hydrogens is 1060 g/mol. The maximum Gasteiger partial charge on any atom is 0.193 e. The highest BCUT2D eigenvalue weighted by Crippen LogP contribution is 2.59. The molecule has 0 radical (unpaired) electrons. The lowest BCUT2D eigenvalue weighted by atomic mass is 10.0. The molecule has 0 saturated carbocycles. The highest BCUT2D eigenvalue weighted by Gasteiger charge is 2.47. The summed E-state index contributed by atoms with van der Waals surface area (Å²) < 4.78 is 0. The first-order chi connectivity index (χ1) is 29.0. The Bertz CT molecular complexity index is 2320. The molecule has 312 valence electrons. The second-order valence-electron chi connectivity index (χ2n) is 14.5. The number of carbonyl (C=O) groups excluding carboxylic acids is 1. The summed E-state index contributed by atoms with van der Waals surface area (Å²) in [5.74, 6) is -0.0450. The quantitative estimate of drug-likeness (QED) is 0.0902. The normalized spacial score (nSPS) is 11.3. The molecule has 0 spiro atoms. The number of benzene rings is 8. The summed E-state index contributed by atoms with van der Waals surface area (Å²) in [5, 5.41) is 11.1. The molecule has 0 saturated heterocycles. The Morgan fingerprint density at radius 1 is 0.290 bits per heavy atom. The lowest BCUT2D eigenvalue weighted by Gasteiger charge is -2.28. The predicted molar refractivity (Wildman–Crippen MR) is 264 cm³/mol. The second-order valence-corrected chi connectivity index (χ2v) is 24.1. The van der Waals surface area contributed by atoms with Gasteiger partial charge in [-0.05, 0) is 157 Å². The number of rotatable bonds is 12. The second kappa shape index (κ2) is 21.3. The lowest BCUT2D eigenvalue weighted by Crippen LogP contribution is -3.00. The third kappa shape index (κ3) is 10.4. The maximum atomic E-state index is 14.1. The van der Waals surface area contributed by atoms with Crippen LogP contribution in [0.3, 0.4) is 0 Å². The van der Waals surface area contributed by atoms with E-state index in [4.69, 9.17) is 69.6 Å². The summed E-state index contributed by atoms with van der Waals surface area (Å²) in [6.45, 7) is 0. The van der Waals surface area contributed by atoms with Crippen molar-refractivity contribution in [3.8, 4) is 0 Å². The Morgan fingerprint density at radius 3 is 0.645 bits per heavy atom. The SMILES string of the molecule is O=C(c1ccc(C[P+](c2ccc(Cl)cc2)(c2ccc(Cl)cc2)c2ccc(Cl)cc2)cc1)c1ccc(C[P+](c2ccc(Cl)cc2)(c2ccc(Cl)cc2)c2ccc(Cl)cc2)cc1.[Br-].[Br-]. The molecule has 0 aliphatic heterocycles. The molecule has 0 aliphatic rings. The molecule has 0 heterocycles. The van der Waals surface area contributed by atoms with E-state index in [0.717, 1.165) is 11.1 Å². The van der Waals surface area contributed by atoms with Gasteiger partial charge in [0.1, 0.15) is 46.4 Å². The summed E-state index contributed by atoms with van der Waals surface area (Å²) >= 11 is 38.5. The molecule has 0 N–H and O–H groups in total. The Kier molecular flexibility index (Phi) is 16.7. The topological polar surface area (TPSA) is 17.1 Å². The fourth-order valence-electron chi connectivity index (χ4n) is 7.85. The van der Waals surface area contributed by atoms with Gasteiger partial charge in [0.15, 0.2) is 5.78 Å². The highest BCUT2D eigenvalue weighted by atomic mass is 79.9. The molecule has 8 aromatic rings. The third-order valence-electron chi connectivity index (χ3n) is 10.9. The summed E-state index contributed by atoms with van der Waals surface area (Å²) in [5.41, 5.74) is 3.43. The number of halogens is 8. The van der Waals surface area contributed by atoms with Crippen molar-refractivity contribution in [1.29, 1.82) is 0 Å². The van der Waals surface area contributed by atoms with Gasteiger partial charge in [0, 0.05) is 41.3 Å². The Morgan fingerprint density at radius 2 is 0.468 bits per heavy atom. The van der Waals surface area contributed by atoms with Gasteiger partial charge in [-0.15, -0.1) is 0 Å². The largest absolute Gasteiger partial charge is 1.00 e. The predicted octanol–water partition coefficient (Wildman–Crippen LogP) is 7.83. The van der Waals surface area contributed by atoms with Crippen molar-refractivity contribution < 1.29 is 38.8 Å². The third-order valence-corrected chi connectivity index (χ3v) is 21.1. The van der Waals surface area contributed by atoms with Crippen molar-refractivity contribution in [2.24, 2.45) is 0 Å².